The zero-order chi connectivity index (χ0) is 20.8. The van der Waals surface area contributed by atoms with Crippen LogP contribution in [0.2, 0.25) is 0 Å². The van der Waals surface area contributed by atoms with Gasteiger partial charge in [-0.05, 0) is 44.1 Å². The van der Waals surface area contributed by atoms with Gasteiger partial charge in [0.2, 0.25) is 5.91 Å². The van der Waals surface area contributed by atoms with Gasteiger partial charge in [0.15, 0.2) is 5.69 Å². The Morgan fingerprint density at radius 2 is 1.67 bits per heavy atom. The molecule has 0 aliphatic heterocycles. The van der Waals surface area contributed by atoms with Crippen molar-refractivity contribution in [2.45, 2.75) is 69.5 Å². The van der Waals surface area contributed by atoms with Gasteiger partial charge < -0.3 is 20.5 Å². The van der Waals surface area contributed by atoms with Gasteiger partial charge in [-0.1, -0.05) is 35.5 Å². The lowest BCUT2D eigenvalue weighted by molar-refractivity contribution is -0.121. The standard InChI is InChI=1S/C23H30N4O3/c28-22(12-13-24-15-16-4-2-1-3-5-16)25-18-8-10-19(11-9-18)26-23(29)20-14-21(30-27-20)17-6-7-17/h1-5,14,17-19,24H,6-13,15H2,(H,25,28)(H,26,29). The highest BCUT2D eigenvalue weighted by molar-refractivity contribution is 5.92. The molecule has 1 heterocycles. The van der Waals surface area contributed by atoms with Crippen LogP contribution in [0.3, 0.4) is 0 Å². The summed E-state index contributed by atoms with van der Waals surface area (Å²) in [6, 6.07) is 12.2. The van der Waals surface area contributed by atoms with E-state index in [9.17, 15) is 9.59 Å². The zero-order valence-electron chi connectivity index (χ0n) is 17.2. The van der Waals surface area contributed by atoms with Crippen LogP contribution in [0.4, 0.5) is 0 Å². The van der Waals surface area contributed by atoms with Gasteiger partial charge in [-0.25, -0.2) is 0 Å². The maximum Gasteiger partial charge on any atom is 0.273 e. The molecular weight excluding hydrogens is 380 g/mol. The first kappa shape index (κ1) is 20.6. The summed E-state index contributed by atoms with van der Waals surface area (Å²) >= 11 is 0. The SMILES string of the molecule is O=C(CCNCc1ccccc1)NC1CCC(NC(=O)c2cc(C3CC3)on2)CC1. The average molecular weight is 411 g/mol. The zero-order valence-corrected chi connectivity index (χ0v) is 17.2. The van der Waals surface area contributed by atoms with E-state index in [-0.39, 0.29) is 23.9 Å². The first-order valence-electron chi connectivity index (χ1n) is 11.0. The van der Waals surface area contributed by atoms with Crippen LogP contribution >= 0.6 is 0 Å². The number of nitrogens with zero attached hydrogens (tertiary/aromatic N) is 1. The number of carbonyl (C=O) groups is 2. The third-order valence-electron chi connectivity index (χ3n) is 5.87. The van der Waals surface area contributed by atoms with Crippen molar-refractivity contribution < 1.29 is 14.1 Å². The van der Waals surface area contributed by atoms with Crippen molar-refractivity contribution in [3.8, 4) is 0 Å². The van der Waals surface area contributed by atoms with Gasteiger partial charge in [0.25, 0.3) is 5.91 Å². The normalized spacial score (nSPS) is 21.2. The molecule has 1 aromatic heterocycles. The van der Waals surface area contributed by atoms with E-state index in [0.29, 0.717) is 24.6 Å². The monoisotopic (exact) mass is 410 g/mol. The van der Waals surface area contributed by atoms with E-state index < -0.39 is 0 Å². The maximum atomic E-state index is 12.4. The van der Waals surface area contributed by atoms with Crippen LogP contribution in [-0.4, -0.2) is 35.6 Å². The van der Waals surface area contributed by atoms with Crippen LogP contribution in [0.5, 0.6) is 0 Å². The minimum absolute atomic E-state index is 0.0817. The first-order chi connectivity index (χ1) is 14.7. The third-order valence-corrected chi connectivity index (χ3v) is 5.87. The van der Waals surface area contributed by atoms with E-state index in [1.54, 1.807) is 6.07 Å². The molecule has 7 heteroatoms. The molecule has 1 aromatic carbocycles. The Hall–Kier alpha value is -2.67. The summed E-state index contributed by atoms with van der Waals surface area (Å²) in [5.41, 5.74) is 1.59. The Bertz CT molecular complexity index is 839. The third kappa shape index (κ3) is 5.92. The van der Waals surface area contributed by atoms with Gasteiger partial charge in [0.05, 0.1) is 0 Å². The molecule has 2 fully saturated rings. The fourth-order valence-corrected chi connectivity index (χ4v) is 3.93. The quantitative estimate of drug-likeness (QED) is 0.553. The smallest absolute Gasteiger partial charge is 0.273 e. The lowest BCUT2D eigenvalue weighted by Gasteiger charge is -2.29. The van der Waals surface area contributed by atoms with Crippen LogP contribution in [-0.2, 0) is 11.3 Å². The van der Waals surface area contributed by atoms with Crippen LogP contribution in [0.25, 0.3) is 0 Å². The molecule has 0 atom stereocenters. The number of hydrogen-bond acceptors (Lipinski definition) is 5. The van der Waals surface area contributed by atoms with Gasteiger partial charge >= 0.3 is 0 Å². The highest BCUT2D eigenvalue weighted by atomic mass is 16.5. The summed E-state index contributed by atoms with van der Waals surface area (Å²) in [6.07, 6.45) is 6.18. The Morgan fingerprint density at radius 3 is 2.37 bits per heavy atom. The molecule has 7 nitrogen and oxygen atoms in total. The van der Waals surface area contributed by atoms with E-state index in [4.69, 9.17) is 4.52 Å². The Balaban J connectivity index is 1.10. The first-order valence-corrected chi connectivity index (χ1v) is 11.0. The summed E-state index contributed by atoms with van der Waals surface area (Å²) in [4.78, 5) is 24.6. The summed E-state index contributed by atoms with van der Waals surface area (Å²) in [7, 11) is 0. The number of amides is 2. The van der Waals surface area contributed by atoms with Crippen molar-refractivity contribution in [2.75, 3.05) is 6.54 Å². The second kappa shape index (κ2) is 9.89. The minimum Gasteiger partial charge on any atom is -0.360 e. The molecule has 0 radical (unpaired) electrons. The number of carbonyl (C=O) groups excluding carboxylic acids is 2. The number of rotatable bonds is 9. The Kier molecular flexibility index (Phi) is 6.79. The lowest BCUT2D eigenvalue weighted by atomic mass is 9.91. The van der Waals surface area contributed by atoms with Crippen molar-refractivity contribution in [1.29, 1.82) is 0 Å². The number of nitrogens with one attached hydrogen (secondary N) is 3. The fourth-order valence-electron chi connectivity index (χ4n) is 3.93. The molecule has 30 heavy (non-hydrogen) atoms. The highest BCUT2D eigenvalue weighted by Gasteiger charge is 2.30. The molecule has 0 unspecified atom stereocenters. The molecule has 160 valence electrons. The van der Waals surface area contributed by atoms with E-state index in [0.717, 1.165) is 50.8 Å². The summed E-state index contributed by atoms with van der Waals surface area (Å²) in [5, 5.41) is 13.4. The van der Waals surface area contributed by atoms with Crippen LogP contribution < -0.4 is 16.0 Å². The van der Waals surface area contributed by atoms with Crippen molar-refractivity contribution in [2.24, 2.45) is 0 Å². The molecule has 2 aliphatic carbocycles. The largest absolute Gasteiger partial charge is 0.360 e. The number of benzene rings is 1. The molecule has 2 aliphatic rings. The molecule has 3 N–H and O–H groups in total. The topological polar surface area (TPSA) is 96.3 Å². The van der Waals surface area contributed by atoms with E-state index in [1.807, 2.05) is 18.2 Å². The van der Waals surface area contributed by atoms with Crippen molar-refractivity contribution >= 4 is 11.8 Å². The molecule has 0 spiro atoms. The Morgan fingerprint density at radius 1 is 0.967 bits per heavy atom. The van der Waals surface area contributed by atoms with Crippen molar-refractivity contribution in [3.63, 3.8) is 0 Å². The van der Waals surface area contributed by atoms with Gasteiger partial charge in [0.1, 0.15) is 5.76 Å². The van der Waals surface area contributed by atoms with Crippen molar-refractivity contribution in [3.05, 3.63) is 53.4 Å². The van der Waals surface area contributed by atoms with Gasteiger partial charge in [-0.3, -0.25) is 9.59 Å². The number of hydrogen-bond donors (Lipinski definition) is 3. The van der Waals surface area contributed by atoms with Gasteiger partial charge in [-0.15, -0.1) is 0 Å². The van der Waals surface area contributed by atoms with Crippen LogP contribution in [0, 0.1) is 0 Å². The molecule has 0 bridgehead atoms. The molecular formula is C23H30N4O3. The second-order valence-corrected chi connectivity index (χ2v) is 8.39. The molecule has 4 rings (SSSR count). The molecule has 0 saturated heterocycles. The lowest BCUT2D eigenvalue weighted by Crippen LogP contribution is -2.44. The fraction of sp³-hybridized carbons (Fsp3) is 0.522. The van der Waals surface area contributed by atoms with E-state index in [1.165, 1.54) is 5.56 Å². The van der Waals surface area contributed by atoms with Gasteiger partial charge in [0, 0.05) is 43.6 Å². The van der Waals surface area contributed by atoms with E-state index >= 15 is 0 Å². The second-order valence-electron chi connectivity index (χ2n) is 8.39. The minimum atomic E-state index is -0.164. The molecule has 2 amide bonds. The predicted octanol–water partition coefficient (Wildman–Crippen LogP) is 2.89. The predicted molar refractivity (Wildman–Crippen MR) is 113 cm³/mol. The summed E-state index contributed by atoms with van der Waals surface area (Å²) in [6.45, 7) is 1.43. The number of aromatic nitrogens is 1. The highest BCUT2D eigenvalue weighted by Crippen LogP contribution is 2.40. The molecule has 2 saturated carbocycles. The van der Waals surface area contributed by atoms with Gasteiger partial charge in [-0.2, -0.15) is 0 Å². The Labute approximate surface area is 177 Å². The average Bonchev–Trinajstić information content (AvgIpc) is 3.49. The van der Waals surface area contributed by atoms with Crippen LogP contribution in [0.15, 0.2) is 40.9 Å². The maximum absolute atomic E-state index is 12.4. The van der Waals surface area contributed by atoms with E-state index in [2.05, 4.69) is 33.2 Å². The molecule has 2 aromatic rings. The summed E-state index contributed by atoms with van der Waals surface area (Å²) in [5.74, 6) is 1.19. The van der Waals surface area contributed by atoms with Crippen molar-refractivity contribution in [1.82, 2.24) is 21.1 Å². The summed E-state index contributed by atoms with van der Waals surface area (Å²) < 4.78 is 5.26. The van der Waals surface area contributed by atoms with Crippen LogP contribution in [0.1, 0.15) is 72.7 Å².